The average molecular weight is 270 g/mol. The summed E-state index contributed by atoms with van der Waals surface area (Å²) >= 11 is 0. The minimum absolute atomic E-state index is 0.143. The van der Waals surface area contributed by atoms with Crippen molar-refractivity contribution >= 4 is 5.78 Å². The first-order chi connectivity index (χ1) is 10.3. The Kier molecular flexibility index (Phi) is 2.71. The van der Waals surface area contributed by atoms with Crippen molar-refractivity contribution < 1.29 is 4.79 Å². The molecule has 100 valence electrons. The zero-order valence-electron chi connectivity index (χ0n) is 11.5. The number of ketones is 1. The van der Waals surface area contributed by atoms with Crippen LogP contribution in [0.3, 0.4) is 0 Å². The van der Waals surface area contributed by atoms with Crippen LogP contribution in [0.25, 0.3) is 11.1 Å². The van der Waals surface area contributed by atoms with E-state index in [9.17, 15) is 4.79 Å². The van der Waals surface area contributed by atoms with Gasteiger partial charge in [0.2, 0.25) is 0 Å². The summed E-state index contributed by atoms with van der Waals surface area (Å²) in [5.74, 6) is 0.143. The van der Waals surface area contributed by atoms with Gasteiger partial charge in [0.05, 0.1) is 0 Å². The van der Waals surface area contributed by atoms with Gasteiger partial charge in [-0.2, -0.15) is 0 Å². The SMILES string of the molecule is O=C1c2ccccc2Cc2ccc(-c3ccccc3)cc21. The van der Waals surface area contributed by atoms with Crippen LogP contribution in [-0.2, 0) is 6.42 Å². The van der Waals surface area contributed by atoms with Gasteiger partial charge >= 0.3 is 0 Å². The highest BCUT2D eigenvalue weighted by molar-refractivity contribution is 6.12. The van der Waals surface area contributed by atoms with Crippen molar-refractivity contribution in [2.24, 2.45) is 0 Å². The largest absolute Gasteiger partial charge is 0.289 e. The summed E-state index contributed by atoms with van der Waals surface area (Å²) < 4.78 is 0. The number of rotatable bonds is 1. The van der Waals surface area contributed by atoms with E-state index >= 15 is 0 Å². The van der Waals surface area contributed by atoms with Crippen molar-refractivity contribution in [1.82, 2.24) is 0 Å². The number of hydrogen-bond donors (Lipinski definition) is 0. The smallest absolute Gasteiger partial charge is 0.193 e. The fraction of sp³-hybridized carbons (Fsp3) is 0.0500. The van der Waals surface area contributed by atoms with Crippen molar-refractivity contribution in [3.05, 3.63) is 95.1 Å². The Morgan fingerprint density at radius 2 is 1.33 bits per heavy atom. The molecule has 3 aromatic carbocycles. The molecule has 0 atom stereocenters. The van der Waals surface area contributed by atoms with Crippen LogP contribution in [0.4, 0.5) is 0 Å². The van der Waals surface area contributed by atoms with Crippen molar-refractivity contribution in [3.8, 4) is 11.1 Å². The Bertz CT molecular complexity index is 831. The Morgan fingerprint density at radius 1 is 0.619 bits per heavy atom. The zero-order chi connectivity index (χ0) is 14.2. The predicted octanol–water partition coefficient (Wildman–Crippen LogP) is 4.49. The molecule has 0 saturated heterocycles. The minimum Gasteiger partial charge on any atom is -0.289 e. The Hall–Kier alpha value is -2.67. The third-order valence-corrected chi connectivity index (χ3v) is 4.10. The molecule has 1 heteroatoms. The second kappa shape index (κ2) is 4.71. The molecule has 0 unspecified atom stereocenters. The first-order valence-corrected chi connectivity index (χ1v) is 7.14. The maximum Gasteiger partial charge on any atom is 0.193 e. The average Bonchev–Trinajstić information content (AvgIpc) is 2.56. The van der Waals surface area contributed by atoms with Crippen molar-refractivity contribution in [2.45, 2.75) is 6.42 Å². The highest BCUT2D eigenvalue weighted by Crippen LogP contribution is 2.30. The van der Waals surface area contributed by atoms with Crippen LogP contribution in [0.1, 0.15) is 27.0 Å². The summed E-state index contributed by atoms with van der Waals surface area (Å²) in [4.78, 5) is 12.7. The van der Waals surface area contributed by atoms with E-state index in [-0.39, 0.29) is 5.78 Å². The molecular formula is C20H14O. The normalized spacial score (nSPS) is 12.7. The molecule has 4 rings (SSSR count). The summed E-state index contributed by atoms with van der Waals surface area (Å²) in [6.45, 7) is 0. The molecule has 0 spiro atoms. The van der Waals surface area contributed by atoms with Crippen molar-refractivity contribution in [1.29, 1.82) is 0 Å². The zero-order valence-corrected chi connectivity index (χ0v) is 11.5. The molecule has 3 aromatic rings. The highest BCUT2D eigenvalue weighted by Gasteiger charge is 2.22. The van der Waals surface area contributed by atoms with Crippen LogP contribution in [0.2, 0.25) is 0 Å². The van der Waals surface area contributed by atoms with Gasteiger partial charge in [0.1, 0.15) is 0 Å². The monoisotopic (exact) mass is 270 g/mol. The lowest BCUT2D eigenvalue weighted by atomic mass is 9.84. The Labute approximate surface area is 123 Å². The van der Waals surface area contributed by atoms with E-state index in [1.807, 2.05) is 48.5 Å². The third-order valence-electron chi connectivity index (χ3n) is 4.10. The predicted molar refractivity (Wildman–Crippen MR) is 84.6 cm³/mol. The van der Waals surface area contributed by atoms with Gasteiger partial charge < -0.3 is 0 Å². The van der Waals surface area contributed by atoms with Gasteiger partial charge in [-0.25, -0.2) is 0 Å². The molecule has 0 saturated carbocycles. The van der Waals surface area contributed by atoms with E-state index < -0.39 is 0 Å². The lowest BCUT2D eigenvalue weighted by Gasteiger charge is -2.19. The van der Waals surface area contributed by atoms with Gasteiger partial charge in [0.25, 0.3) is 0 Å². The summed E-state index contributed by atoms with van der Waals surface area (Å²) in [6.07, 6.45) is 0.840. The molecule has 0 aromatic heterocycles. The molecule has 0 amide bonds. The van der Waals surface area contributed by atoms with Crippen LogP contribution in [0.15, 0.2) is 72.8 Å². The van der Waals surface area contributed by atoms with Gasteiger partial charge in [0.15, 0.2) is 5.78 Å². The Morgan fingerprint density at radius 3 is 2.19 bits per heavy atom. The molecule has 1 nitrogen and oxygen atoms in total. The van der Waals surface area contributed by atoms with E-state index in [4.69, 9.17) is 0 Å². The minimum atomic E-state index is 0.143. The van der Waals surface area contributed by atoms with E-state index in [1.165, 1.54) is 0 Å². The van der Waals surface area contributed by atoms with Crippen molar-refractivity contribution in [2.75, 3.05) is 0 Å². The number of carbonyl (C=O) groups excluding carboxylic acids is 1. The van der Waals surface area contributed by atoms with Gasteiger partial charge in [0, 0.05) is 11.1 Å². The topological polar surface area (TPSA) is 17.1 Å². The third kappa shape index (κ3) is 1.98. The lowest BCUT2D eigenvalue weighted by Crippen LogP contribution is -2.14. The number of carbonyl (C=O) groups is 1. The summed E-state index contributed by atoms with van der Waals surface area (Å²) in [5, 5.41) is 0. The number of benzene rings is 3. The van der Waals surface area contributed by atoms with Gasteiger partial charge in [-0.3, -0.25) is 4.79 Å². The van der Waals surface area contributed by atoms with Crippen LogP contribution < -0.4 is 0 Å². The van der Waals surface area contributed by atoms with Crippen molar-refractivity contribution in [3.63, 3.8) is 0 Å². The first-order valence-electron chi connectivity index (χ1n) is 7.14. The number of fused-ring (bicyclic) bond motifs is 2. The molecule has 1 aliphatic carbocycles. The summed E-state index contributed by atoms with van der Waals surface area (Å²) in [6, 6.07) is 24.3. The fourth-order valence-corrected chi connectivity index (χ4v) is 3.00. The van der Waals surface area contributed by atoms with Gasteiger partial charge in [-0.05, 0) is 34.7 Å². The van der Waals surface area contributed by atoms with E-state index in [2.05, 4.69) is 24.3 Å². The van der Waals surface area contributed by atoms with E-state index in [1.54, 1.807) is 0 Å². The highest BCUT2D eigenvalue weighted by atomic mass is 16.1. The number of hydrogen-bond acceptors (Lipinski definition) is 1. The van der Waals surface area contributed by atoms with Crippen LogP contribution in [0, 0.1) is 0 Å². The summed E-state index contributed by atoms with van der Waals surface area (Å²) in [5.41, 5.74) is 6.18. The first kappa shape index (κ1) is 12.1. The molecule has 0 fully saturated rings. The molecule has 0 radical (unpaired) electrons. The van der Waals surface area contributed by atoms with Crippen LogP contribution >= 0.6 is 0 Å². The van der Waals surface area contributed by atoms with E-state index in [0.29, 0.717) is 0 Å². The molecule has 0 bridgehead atoms. The Balaban J connectivity index is 1.85. The second-order valence-corrected chi connectivity index (χ2v) is 5.40. The maximum absolute atomic E-state index is 12.7. The molecule has 0 aliphatic heterocycles. The van der Waals surface area contributed by atoms with Crippen LogP contribution in [0.5, 0.6) is 0 Å². The molecule has 1 aliphatic rings. The van der Waals surface area contributed by atoms with E-state index in [0.717, 1.165) is 39.8 Å². The molecular weight excluding hydrogens is 256 g/mol. The van der Waals surface area contributed by atoms with Gasteiger partial charge in [-0.15, -0.1) is 0 Å². The summed E-state index contributed by atoms with van der Waals surface area (Å²) in [7, 11) is 0. The lowest BCUT2D eigenvalue weighted by molar-refractivity contribution is 0.103. The van der Waals surface area contributed by atoms with Gasteiger partial charge in [-0.1, -0.05) is 66.7 Å². The maximum atomic E-state index is 12.7. The molecule has 21 heavy (non-hydrogen) atoms. The fourth-order valence-electron chi connectivity index (χ4n) is 3.00. The second-order valence-electron chi connectivity index (χ2n) is 5.40. The molecule has 0 N–H and O–H groups in total. The van der Waals surface area contributed by atoms with Crippen LogP contribution in [-0.4, -0.2) is 5.78 Å². The quantitative estimate of drug-likeness (QED) is 0.498. The standard InChI is InChI=1S/C20H14O/c21-20-18-9-5-4-8-16(18)12-17-11-10-15(13-19(17)20)14-6-2-1-3-7-14/h1-11,13H,12H2. The molecule has 0 heterocycles.